The molecule has 0 aliphatic heterocycles. The number of hydrogen-bond donors (Lipinski definition) is 2. The molecule has 0 unspecified atom stereocenters. The molecule has 0 spiro atoms. The van der Waals surface area contributed by atoms with Crippen LogP contribution in [0.5, 0.6) is 0 Å². The molecule has 3 N–H and O–H groups in total. The summed E-state index contributed by atoms with van der Waals surface area (Å²) >= 11 is 5.08. The van der Waals surface area contributed by atoms with E-state index in [1.54, 1.807) is 11.3 Å². The highest BCUT2D eigenvalue weighted by Crippen LogP contribution is 2.20. The van der Waals surface area contributed by atoms with E-state index in [9.17, 15) is 0 Å². The maximum absolute atomic E-state index is 5.75. The van der Waals surface area contributed by atoms with E-state index < -0.39 is 0 Å². The summed E-state index contributed by atoms with van der Waals surface area (Å²) in [6.45, 7) is 6.79. The van der Waals surface area contributed by atoms with Gasteiger partial charge < -0.3 is 11.1 Å². The van der Waals surface area contributed by atoms with Crippen molar-refractivity contribution < 1.29 is 0 Å². The van der Waals surface area contributed by atoms with Gasteiger partial charge in [0.1, 0.15) is 0 Å². The second-order valence-corrected chi connectivity index (χ2v) is 6.22. The lowest BCUT2D eigenvalue weighted by Crippen LogP contribution is -2.44. The van der Waals surface area contributed by atoms with Gasteiger partial charge in [-0.3, -0.25) is 0 Å². The zero-order valence-corrected chi connectivity index (χ0v) is 11.6. The number of thiophene rings is 1. The quantitative estimate of drug-likeness (QED) is 0.650. The summed E-state index contributed by atoms with van der Waals surface area (Å²) in [4.78, 5) is 5.46. The summed E-state index contributed by atoms with van der Waals surface area (Å²) in [7, 11) is 0. The van der Waals surface area contributed by atoms with Crippen LogP contribution in [0, 0.1) is 0 Å². The molecule has 0 saturated carbocycles. The zero-order chi connectivity index (χ0) is 11.5. The molecule has 0 atom stereocenters. The highest BCUT2D eigenvalue weighted by molar-refractivity contribution is 9.10. The van der Waals surface area contributed by atoms with E-state index in [1.165, 1.54) is 4.88 Å². The normalized spacial score (nSPS) is 12.9. The van der Waals surface area contributed by atoms with E-state index in [0.717, 1.165) is 4.47 Å². The molecule has 0 saturated heterocycles. The number of halogens is 1. The van der Waals surface area contributed by atoms with Gasteiger partial charge in [0.05, 0.1) is 6.54 Å². The fourth-order valence-corrected chi connectivity index (χ4v) is 2.40. The van der Waals surface area contributed by atoms with Gasteiger partial charge in [0.15, 0.2) is 5.96 Å². The van der Waals surface area contributed by atoms with Crippen LogP contribution >= 0.6 is 27.3 Å². The Kier molecular flexibility index (Phi) is 4.16. The number of nitrogens with one attached hydrogen (secondary N) is 1. The molecular weight excluding hydrogens is 274 g/mol. The van der Waals surface area contributed by atoms with Crippen LogP contribution in [-0.4, -0.2) is 11.5 Å². The van der Waals surface area contributed by atoms with Gasteiger partial charge in [-0.05, 0) is 42.8 Å². The fraction of sp³-hybridized carbons (Fsp3) is 0.500. The van der Waals surface area contributed by atoms with Crippen molar-refractivity contribution in [2.75, 3.05) is 0 Å². The molecule has 1 rings (SSSR count). The Hall–Kier alpha value is -0.550. The van der Waals surface area contributed by atoms with Crippen LogP contribution in [0.15, 0.2) is 20.9 Å². The van der Waals surface area contributed by atoms with Gasteiger partial charge in [-0.25, -0.2) is 4.99 Å². The predicted molar refractivity (Wildman–Crippen MR) is 70.2 cm³/mol. The highest BCUT2D eigenvalue weighted by Gasteiger charge is 2.09. The van der Waals surface area contributed by atoms with Crippen LogP contribution < -0.4 is 11.1 Å². The van der Waals surface area contributed by atoms with Crippen molar-refractivity contribution in [3.63, 3.8) is 0 Å². The Balaban J connectivity index is 2.51. The van der Waals surface area contributed by atoms with Gasteiger partial charge in [-0.1, -0.05) is 0 Å². The largest absolute Gasteiger partial charge is 0.370 e. The number of nitrogens with zero attached hydrogens (tertiary/aromatic N) is 1. The summed E-state index contributed by atoms with van der Waals surface area (Å²) in [5.74, 6) is 0.493. The van der Waals surface area contributed by atoms with E-state index in [-0.39, 0.29) is 5.54 Å². The summed E-state index contributed by atoms with van der Waals surface area (Å²) in [6, 6.07) is 2.05. The Morgan fingerprint density at radius 3 is 2.73 bits per heavy atom. The van der Waals surface area contributed by atoms with Crippen LogP contribution in [0.25, 0.3) is 0 Å². The number of hydrogen-bond acceptors (Lipinski definition) is 2. The zero-order valence-electron chi connectivity index (χ0n) is 9.17. The van der Waals surface area contributed by atoms with Crippen molar-refractivity contribution in [3.05, 3.63) is 20.8 Å². The van der Waals surface area contributed by atoms with Crippen molar-refractivity contribution >= 4 is 33.2 Å². The van der Waals surface area contributed by atoms with Gasteiger partial charge in [-0.2, -0.15) is 0 Å². The second kappa shape index (κ2) is 4.99. The Morgan fingerprint density at radius 1 is 1.60 bits per heavy atom. The fourth-order valence-electron chi connectivity index (χ4n) is 1.02. The lowest BCUT2D eigenvalue weighted by Gasteiger charge is -2.20. The SMILES string of the molecule is CC(C)(C)NC(N)=NCc1cc(Br)cs1. The maximum atomic E-state index is 5.75. The number of aliphatic imine (C=N–C) groups is 1. The third-order valence-electron chi connectivity index (χ3n) is 1.53. The molecule has 3 nitrogen and oxygen atoms in total. The molecule has 5 heteroatoms. The van der Waals surface area contributed by atoms with E-state index >= 15 is 0 Å². The average Bonchev–Trinajstić information content (AvgIpc) is 2.45. The average molecular weight is 290 g/mol. The summed E-state index contributed by atoms with van der Waals surface area (Å²) < 4.78 is 1.10. The van der Waals surface area contributed by atoms with E-state index in [0.29, 0.717) is 12.5 Å². The molecule has 0 aliphatic rings. The third-order valence-corrected chi connectivity index (χ3v) is 3.21. The standard InChI is InChI=1S/C10H16BrN3S/c1-10(2,3)14-9(12)13-5-8-4-7(11)6-15-8/h4,6H,5H2,1-3H3,(H3,12,13,14). The molecule has 1 aromatic rings. The second-order valence-electron chi connectivity index (χ2n) is 4.31. The Morgan fingerprint density at radius 2 is 2.27 bits per heavy atom. The monoisotopic (exact) mass is 289 g/mol. The molecule has 0 fully saturated rings. The molecule has 0 amide bonds. The predicted octanol–water partition coefficient (Wildman–Crippen LogP) is 2.71. The van der Waals surface area contributed by atoms with Crippen LogP contribution in [-0.2, 0) is 6.54 Å². The van der Waals surface area contributed by atoms with Crippen LogP contribution in [0.1, 0.15) is 25.6 Å². The molecule has 84 valence electrons. The van der Waals surface area contributed by atoms with Crippen molar-refractivity contribution in [2.24, 2.45) is 10.7 Å². The maximum Gasteiger partial charge on any atom is 0.189 e. The molecule has 0 bridgehead atoms. The highest BCUT2D eigenvalue weighted by atomic mass is 79.9. The number of guanidine groups is 1. The lowest BCUT2D eigenvalue weighted by molar-refractivity contribution is 0.508. The first-order valence-electron chi connectivity index (χ1n) is 4.68. The van der Waals surface area contributed by atoms with Gasteiger partial charge in [-0.15, -0.1) is 11.3 Å². The van der Waals surface area contributed by atoms with Crippen LogP contribution in [0.4, 0.5) is 0 Å². The molecule has 1 aromatic heterocycles. The first-order chi connectivity index (χ1) is 6.87. The minimum atomic E-state index is -0.0381. The topological polar surface area (TPSA) is 50.4 Å². The van der Waals surface area contributed by atoms with Gasteiger partial charge in [0.2, 0.25) is 0 Å². The minimum absolute atomic E-state index is 0.0381. The first-order valence-corrected chi connectivity index (χ1v) is 6.35. The van der Waals surface area contributed by atoms with Crippen molar-refractivity contribution in [3.8, 4) is 0 Å². The summed E-state index contributed by atoms with van der Waals surface area (Å²) in [5, 5.41) is 5.16. The molecule has 1 heterocycles. The smallest absolute Gasteiger partial charge is 0.189 e. The molecule has 15 heavy (non-hydrogen) atoms. The lowest BCUT2D eigenvalue weighted by atomic mass is 10.1. The summed E-state index contributed by atoms with van der Waals surface area (Å²) in [5.41, 5.74) is 5.71. The Labute approximate surface area is 103 Å². The van der Waals surface area contributed by atoms with E-state index in [4.69, 9.17) is 5.73 Å². The van der Waals surface area contributed by atoms with Crippen LogP contribution in [0.3, 0.4) is 0 Å². The third kappa shape index (κ3) is 5.18. The number of rotatable bonds is 2. The van der Waals surface area contributed by atoms with Gasteiger partial charge in [0, 0.05) is 20.3 Å². The van der Waals surface area contributed by atoms with Crippen molar-refractivity contribution in [1.29, 1.82) is 0 Å². The van der Waals surface area contributed by atoms with E-state index in [2.05, 4.69) is 53.1 Å². The first kappa shape index (κ1) is 12.5. The minimum Gasteiger partial charge on any atom is -0.370 e. The van der Waals surface area contributed by atoms with Crippen LogP contribution in [0.2, 0.25) is 0 Å². The van der Waals surface area contributed by atoms with Crippen molar-refractivity contribution in [1.82, 2.24) is 5.32 Å². The van der Waals surface area contributed by atoms with Gasteiger partial charge in [0.25, 0.3) is 0 Å². The summed E-state index contributed by atoms with van der Waals surface area (Å²) in [6.07, 6.45) is 0. The molecule has 0 aliphatic carbocycles. The molecule has 0 radical (unpaired) electrons. The van der Waals surface area contributed by atoms with Gasteiger partial charge >= 0.3 is 0 Å². The van der Waals surface area contributed by atoms with Crippen molar-refractivity contribution in [2.45, 2.75) is 32.9 Å². The van der Waals surface area contributed by atoms with E-state index in [1.807, 2.05) is 5.38 Å². The molecular formula is C10H16BrN3S. The molecule has 0 aromatic carbocycles. The number of nitrogens with two attached hydrogens (primary N) is 1. The Bertz CT molecular complexity index is 352.